The number of carbonyl (C=O) groups excluding carboxylic acids is 2. The van der Waals surface area contributed by atoms with E-state index in [2.05, 4.69) is 29.0 Å². The summed E-state index contributed by atoms with van der Waals surface area (Å²) in [7, 11) is 0. The van der Waals surface area contributed by atoms with E-state index in [1.54, 1.807) is 18.3 Å². The van der Waals surface area contributed by atoms with Gasteiger partial charge < -0.3 is 16.0 Å². The first-order valence-corrected chi connectivity index (χ1v) is 9.36. The fourth-order valence-corrected chi connectivity index (χ4v) is 3.46. The molecule has 1 saturated heterocycles. The van der Waals surface area contributed by atoms with Crippen molar-refractivity contribution in [3.8, 4) is 11.3 Å². The molecule has 0 aliphatic carbocycles. The third-order valence-electron chi connectivity index (χ3n) is 5.13. The van der Waals surface area contributed by atoms with Crippen molar-refractivity contribution in [2.75, 3.05) is 18.4 Å². The van der Waals surface area contributed by atoms with Crippen molar-refractivity contribution in [1.82, 2.24) is 9.88 Å². The first-order chi connectivity index (χ1) is 13.0. The van der Waals surface area contributed by atoms with Crippen molar-refractivity contribution in [3.05, 3.63) is 48.2 Å². The molecule has 6 nitrogen and oxygen atoms in total. The molecule has 0 unspecified atom stereocenters. The van der Waals surface area contributed by atoms with Gasteiger partial charge in [-0.1, -0.05) is 12.1 Å². The van der Waals surface area contributed by atoms with Crippen molar-refractivity contribution in [3.63, 3.8) is 0 Å². The van der Waals surface area contributed by atoms with Crippen molar-refractivity contribution >= 4 is 17.5 Å². The van der Waals surface area contributed by atoms with Crippen LogP contribution in [0, 0.1) is 5.92 Å². The van der Waals surface area contributed by atoms with Crippen LogP contribution in [-0.4, -0.2) is 40.8 Å². The van der Waals surface area contributed by atoms with Crippen LogP contribution in [0.2, 0.25) is 0 Å². The van der Waals surface area contributed by atoms with Crippen LogP contribution in [0.4, 0.5) is 5.69 Å². The normalized spacial score (nSPS) is 15.7. The van der Waals surface area contributed by atoms with Crippen molar-refractivity contribution in [1.29, 1.82) is 0 Å². The van der Waals surface area contributed by atoms with E-state index in [9.17, 15) is 9.59 Å². The van der Waals surface area contributed by atoms with Gasteiger partial charge in [-0.3, -0.25) is 14.6 Å². The quantitative estimate of drug-likeness (QED) is 0.852. The number of likely N-dealkylation sites (tertiary alicyclic amines) is 1. The van der Waals surface area contributed by atoms with Gasteiger partial charge in [-0.15, -0.1) is 0 Å². The van der Waals surface area contributed by atoms with Crippen LogP contribution in [0.1, 0.15) is 37.0 Å². The zero-order valence-electron chi connectivity index (χ0n) is 15.8. The maximum absolute atomic E-state index is 12.7. The molecule has 2 aromatic rings. The van der Waals surface area contributed by atoms with Gasteiger partial charge in [0.1, 0.15) is 0 Å². The second-order valence-corrected chi connectivity index (χ2v) is 7.23. The Morgan fingerprint density at radius 2 is 1.93 bits per heavy atom. The SMILES string of the molecule is CC(C)N1CCC(C(=O)Nc2ccc(-c3ccccn3)cc2C(N)=O)CC1. The standard InChI is InChI=1S/C21H26N4O2/c1-14(2)25-11-8-15(9-12-25)21(27)24-19-7-6-16(13-17(19)20(22)26)18-5-3-4-10-23-18/h3-7,10,13-15H,8-9,11-12H2,1-2H3,(H2,22,26)(H,24,27). The Morgan fingerprint density at radius 1 is 1.19 bits per heavy atom. The number of aromatic nitrogens is 1. The lowest BCUT2D eigenvalue weighted by molar-refractivity contribution is -0.121. The zero-order valence-corrected chi connectivity index (χ0v) is 15.8. The molecule has 6 heteroatoms. The van der Waals surface area contributed by atoms with E-state index in [-0.39, 0.29) is 11.8 Å². The van der Waals surface area contributed by atoms with E-state index >= 15 is 0 Å². The van der Waals surface area contributed by atoms with Gasteiger partial charge in [0.05, 0.1) is 16.9 Å². The number of nitrogens with one attached hydrogen (secondary N) is 1. The number of anilines is 1. The van der Waals surface area contributed by atoms with E-state index in [0.29, 0.717) is 17.3 Å². The molecule has 0 radical (unpaired) electrons. The van der Waals surface area contributed by atoms with E-state index in [1.807, 2.05) is 24.3 Å². The summed E-state index contributed by atoms with van der Waals surface area (Å²) < 4.78 is 0. The van der Waals surface area contributed by atoms with Gasteiger partial charge in [0.2, 0.25) is 5.91 Å². The van der Waals surface area contributed by atoms with Gasteiger partial charge in [0.25, 0.3) is 5.91 Å². The smallest absolute Gasteiger partial charge is 0.250 e. The monoisotopic (exact) mass is 366 g/mol. The predicted octanol–water partition coefficient (Wildman–Crippen LogP) is 2.91. The zero-order chi connectivity index (χ0) is 19.4. The minimum Gasteiger partial charge on any atom is -0.366 e. The Kier molecular flexibility index (Phi) is 5.86. The number of pyridine rings is 1. The molecular weight excluding hydrogens is 340 g/mol. The summed E-state index contributed by atoms with van der Waals surface area (Å²) in [6, 6.07) is 11.3. The van der Waals surface area contributed by atoms with E-state index < -0.39 is 5.91 Å². The summed E-state index contributed by atoms with van der Waals surface area (Å²) in [5.74, 6) is -0.666. The second-order valence-electron chi connectivity index (χ2n) is 7.23. The van der Waals surface area contributed by atoms with Gasteiger partial charge in [0, 0.05) is 23.7 Å². The Balaban J connectivity index is 1.75. The highest BCUT2D eigenvalue weighted by Gasteiger charge is 2.26. The predicted molar refractivity (Wildman–Crippen MR) is 106 cm³/mol. The molecule has 0 spiro atoms. The summed E-state index contributed by atoms with van der Waals surface area (Å²) in [5, 5.41) is 2.91. The largest absolute Gasteiger partial charge is 0.366 e. The van der Waals surface area contributed by atoms with Crippen LogP contribution in [0.3, 0.4) is 0 Å². The molecule has 1 aliphatic heterocycles. The number of nitrogens with two attached hydrogens (primary N) is 1. The maximum Gasteiger partial charge on any atom is 0.250 e. The molecule has 1 aromatic heterocycles. The molecule has 1 aliphatic rings. The highest BCUT2D eigenvalue weighted by molar-refractivity contribution is 6.04. The Labute approximate surface area is 159 Å². The highest BCUT2D eigenvalue weighted by Crippen LogP contribution is 2.26. The molecule has 2 amide bonds. The molecule has 1 aromatic carbocycles. The lowest BCUT2D eigenvalue weighted by atomic mass is 9.94. The number of amides is 2. The van der Waals surface area contributed by atoms with Crippen LogP contribution in [0.5, 0.6) is 0 Å². The number of primary amides is 1. The summed E-state index contributed by atoms with van der Waals surface area (Å²) in [6.07, 6.45) is 3.34. The second kappa shape index (κ2) is 8.31. The molecule has 142 valence electrons. The van der Waals surface area contributed by atoms with Gasteiger partial charge in [-0.2, -0.15) is 0 Å². The highest BCUT2D eigenvalue weighted by atomic mass is 16.2. The van der Waals surface area contributed by atoms with Gasteiger partial charge >= 0.3 is 0 Å². The van der Waals surface area contributed by atoms with E-state index in [0.717, 1.165) is 37.2 Å². The summed E-state index contributed by atoms with van der Waals surface area (Å²) >= 11 is 0. The van der Waals surface area contributed by atoms with E-state index in [1.165, 1.54) is 0 Å². The number of piperidine rings is 1. The van der Waals surface area contributed by atoms with E-state index in [4.69, 9.17) is 5.73 Å². The van der Waals surface area contributed by atoms with Gasteiger partial charge in [0.15, 0.2) is 0 Å². The first-order valence-electron chi connectivity index (χ1n) is 9.36. The van der Waals surface area contributed by atoms with Crippen LogP contribution in [0.25, 0.3) is 11.3 Å². The molecule has 3 rings (SSSR count). The fourth-order valence-electron chi connectivity index (χ4n) is 3.46. The minimum absolute atomic E-state index is 0.0452. The summed E-state index contributed by atoms with van der Waals surface area (Å²) in [4.78, 5) is 31.3. The molecular formula is C21H26N4O2. The fraction of sp³-hybridized carbons (Fsp3) is 0.381. The first kappa shape index (κ1) is 19.0. The Bertz CT molecular complexity index is 812. The number of benzene rings is 1. The molecule has 27 heavy (non-hydrogen) atoms. The number of hydrogen-bond donors (Lipinski definition) is 2. The third-order valence-corrected chi connectivity index (χ3v) is 5.13. The van der Waals surface area contributed by atoms with Gasteiger partial charge in [-0.05, 0) is 64.0 Å². The van der Waals surface area contributed by atoms with Crippen molar-refractivity contribution in [2.24, 2.45) is 11.7 Å². The van der Waals surface area contributed by atoms with Crippen LogP contribution < -0.4 is 11.1 Å². The number of carbonyl (C=O) groups is 2. The van der Waals surface area contributed by atoms with Crippen LogP contribution >= 0.6 is 0 Å². The van der Waals surface area contributed by atoms with Gasteiger partial charge in [-0.25, -0.2) is 0 Å². The molecule has 1 fully saturated rings. The Morgan fingerprint density at radius 3 is 2.52 bits per heavy atom. The molecule has 0 atom stereocenters. The van der Waals surface area contributed by atoms with Crippen LogP contribution in [0.15, 0.2) is 42.6 Å². The topological polar surface area (TPSA) is 88.3 Å². The van der Waals surface area contributed by atoms with Crippen LogP contribution in [-0.2, 0) is 4.79 Å². The van der Waals surface area contributed by atoms with Crippen molar-refractivity contribution in [2.45, 2.75) is 32.7 Å². The summed E-state index contributed by atoms with van der Waals surface area (Å²) in [5.41, 5.74) is 7.84. The summed E-state index contributed by atoms with van der Waals surface area (Å²) in [6.45, 7) is 6.17. The number of rotatable bonds is 5. The molecule has 2 heterocycles. The molecule has 3 N–H and O–H groups in total. The lowest BCUT2D eigenvalue weighted by Gasteiger charge is -2.34. The minimum atomic E-state index is -0.572. The Hall–Kier alpha value is -2.73. The maximum atomic E-state index is 12.7. The average Bonchev–Trinajstić information content (AvgIpc) is 2.68. The average molecular weight is 366 g/mol. The van der Waals surface area contributed by atoms with Crippen molar-refractivity contribution < 1.29 is 9.59 Å². The molecule has 0 bridgehead atoms. The molecule has 0 saturated carbocycles. The number of nitrogens with zero attached hydrogens (tertiary/aromatic N) is 2. The third kappa shape index (κ3) is 4.52. The number of hydrogen-bond acceptors (Lipinski definition) is 4. The lowest BCUT2D eigenvalue weighted by Crippen LogP contribution is -2.41.